The van der Waals surface area contributed by atoms with Crippen molar-refractivity contribution in [2.45, 2.75) is 25.8 Å². The van der Waals surface area contributed by atoms with Crippen LogP contribution in [0.15, 0.2) is 29.6 Å². The van der Waals surface area contributed by atoms with Crippen molar-refractivity contribution in [3.8, 4) is 29.9 Å². The van der Waals surface area contributed by atoms with E-state index in [4.69, 9.17) is 15.9 Å². The largest absolute Gasteiger partial charge is 0.493 e. The molecule has 0 saturated carbocycles. The number of hydrogen-bond donors (Lipinski definition) is 1. The topological polar surface area (TPSA) is 71.3 Å². The van der Waals surface area contributed by atoms with Gasteiger partial charge < -0.3 is 14.8 Å². The van der Waals surface area contributed by atoms with Crippen LogP contribution < -0.4 is 14.8 Å². The molecule has 1 atom stereocenters. The number of amides is 1. The smallest absolute Gasteiger partial charge is 0.221 e. The zero-order valence-electron chi connectivity index (χ0n) is 14.7. The number of rotatable bonds is 8. The summed E-state index contributed by atoms with van der Waals surface area (Å²) in [5.74, 6) is 3.37. The third-order valence-corrected chi connectivity index (χ3v) is 4.76. The van der Waals surface area contributed by atoms with E-state index in [9.17, 15) is 10.1 Å². The van der Waals surface area contributed by atoms with E-state index in [0.29, 0.717) is 17.9 Å². The maximum Gasteiger partial charge on any atom is 0.221 e. The monoisotopic (exact) mass is 368 g/mol. The van der Waals surface area contributed by atoms with Crippen LogP contribution in [0.25, 0.3) is 0 Å². The summed E-state index contributed by atoms with van der Waals surface area (Å²) in [6.45, 7) is 2.12. The van der Waals surface area contributed by atoms with Crippen molar-refractivity contribution < 1.29 is 14.3 Å². The van der Waals surface area contributed by atoms with Gasteiger partial charge >= 0.3 is 0 Å². The molecule has 1 N–H and O–H groups in total. The molecule has 0 aliphatic carbocycles. The van der Waals surface area contributed by atoms with Crippen molar-refractivity contribution >= 4 is 17.2 Å². The Morgan fingerprint density at radius 3 is 2.81 bits per heavy atom. The first-order valence-corrected chi connectivity index (χ1v) is 8.92. The fourth-order valence-corrected chi connectivity index (χ4v) is 3.26. The lowest BCUT2D eigenvalue weighted by atomic mass is 10.1. The Bertz CT molecular complexity index is 845. The average molecular weight is 368 g/mol. The summed E-state index contributed by atoms with van der Waals surface area (Å²) in [5, 5.41) is 14.0. The maximum atomic E-state index is 12.2. The molecule has 0 saturated heterocycles. The van der Waals surface area contributed by atoms with Crippen LogP contribution >= 0.6 is 11.3 Å². The van der Waals surface area contributed by atoms with Crippen LogP contribution in [-0.4, -0.2) is 19.6 Å². The normalized spacial score (nSPS) is 11.1. The Kier molecular flexibility index (Phi) is 7.08. The highest BCUT2D eigenvalue weighted by molar-refractivity contribution is 7.10. The molecule has 1 aromatic heterocycles. The molecule has 26 heavy (non-hydrogen) atoms. The van der Waals surface area contributed by atoms with E-state index in [1.54, 1.807) is 13.2 Å². The third kappa shape index (κ3) is 5.27. The van der Waals surface area contributed by atoms with Crippen LogP contribution in [0.5, 0.6) is 11.5 Å². The fraction of sp³-hybridized carbons (Fsp3) is 0.300. The second kappa shape index (κ2) is 9.50. The molecule has 1 unspecified atom stereocenters. The number of carbonyl (C=O) groups excluding carboxylic acids is 1. The van der Waals surface area contributed by atoms with Gasteiger partial charge in [0.25, 0.3) is 0 Å². The van der Waals surface area contributed by atoms with E-state index in [1.807, 2.05) is 30.5 Å². The van der Waals surface area contributed by atoms with Crippen LogP contribution in [0.3, 0.4) is 0 Å². The van der Waals surface area contributed by atoms with Gasteiger partial charge in [0.1, 0.15) is 6.61 Å². The number of nitriles is 1. The SMILES string of the molecule is C#CCOc1ccc(CCC(=O)NC(C#N)c2cc(C)cs2)cc1OC. The van der Waals surface area contributed by atoms with Crippen LogP contribution in [0.2, 0.25) is 0 Å². The summed E-state index contributed by atoms with van der Waals surface area (Å²) in [5.41, 5.74) is 2.02. The lowest BCUT2D eigenvalue weighted by Crippen LogP contribution is -2.27. The number of methoxy groups -OCH3 is 1. The molecule has 6 heteroatoms. The standard InChI is InChI=1S/C20H20N2O3S/c1-4-9-25-17-7-5-15(11-18(17)24-3)6-8-20(23)22-16(12-21)19-10-14(2)13-26-19/h1,5,7,10-11,13,16H,6,8-9H2,2-3H3,(H,22,23). The minimum Gasteiger partial charge on any atom is -0.493 e. The van der Waals surface area contributed by atoms with Gasteiger partial charge in [0.05, 0.1) is 13.2 Å². The number of thiophene rings is 1. The van der Waals surface area contributed by atoms with Gasteiger partial charge in [-0.3, -0.25) is 4.79 Å². The molecule has 0 fully saturated rings. The lowest BCUT2D eigenvalue weighted by Gasteiger charge is -2.12. The number of ether oxygens (including phenoxy) is 2. The first-order chi connectivity index (χ1) is 12.6. The van der Waals surface area contributed by atoms with Crippen molar-refractivity contribution in [2.24, 2.45) is 0 Å². The number of nitrogens with zero attached hydrogens (tertiary/aromatic N) is 1. The number of carbonyl (C=O) groups is 1. The molecule has 0 bridgehead atoms. The predicted octanol–water partition coefficient (Wildman–Crippen LogP) is 3.39. The van der Waals surface area contributed by atoms with Crippen LogP contribution in [0.4, 0.5) is 0 Å². The Labute approximate surface area is 157 Å². The zero-order valence-corrected chi connectivity index (χ0v) is 15.6. The van der Waals surface area contributed by atoms with E-state index < -0.39 is 6.04 Å². The Hall–Kier alpha value is -2.96. The summed E-state index contributed by atoms with van der Waals surface area (Å²) < 4.78 is 10.7. The van der Waals surface area contributed by atoms with Crippen LogP contribution in [0, 0.1) is 30.6 Å². The van der Waals surface area contributed by atoms with E-state index in [2.05, 4.69) is 17.3 Å². The van der Waals surface area contributed by atoms with E-state index >= 15 is 0 Å². The molecule has 1 heterocycles. The van der Waals surface area contributed by atoms with Crippen molar-refractivity contribution in [2.75, 3.05) is 13.7 Å². The first kappa shape index (κ1) is 19.4. The van der Waals surface area contributed by atoms with Crippen molar-refractivity contribution in [1.82, 2.24) is 5.32 Å². The Balaban J connectivity index is 1.94. The van der Waals surface area contributed by atoms with Crippen molar-refractivity contribution in [3.63, 3.8) is 0 Å². The number of terminal acetylenes is 1. The van der Waals surface area contributed by atoms with E-state index in [-0.39, 0.29) is 18.9 Å². The molecular weight excluding hydrogens is 348 g/mol. The minimum absolute atomic E-state index is 0.163. The van der Waals surface area contributed by atoms with Crippen LogP contribution in [-0.2, 0) is 11.2 Å². The minimum atomic E-state index is -0.615. The molecule has 5 nitrogen and oxygen atoms in total. The molecule has 2 rings (SSSR count). The predicted molar refractivity (Wildman–Crippen MR) is 101 cm³/mol. The number of hydrogen-bond acceptors (Lipinski definition) is 5. The molecule has 1 amide bonds. The first-order valence-electron chi connectivity index (χ1n) is 8.04. The molecule has 0 spiro atoms. The van der Waals surface area contributed by atoms with Crippen LogP contribution in [0.1, 0.15) is 28.5 Å². The molecule has 0 radical (unpaired) electrons. The second-order valence-electron chi connectivity index (χ2n) is 5.63. The highest BCUT2D eigenvalue weighted by atomic mass is 32.1. The van der Waals surface area contributed by atoms with Gasteiger partial charge in [0.2, 0.25) is 5.91 Å². The number of benzene rings is 1. The van der Waals surface area contributed by atoms with Gasteiger partial charge in [-0.15, -0.1) is 17.8 Å². The molecule has 134 valence electrons. The molecular formula is C20H20N2O3S. The summed E-state index contributed by atoms with van der Waals surface area (Å²) in [6, 6.07) is 8.90. The van der Waals surface area contributed by atoms with Crippen molar-refractivity contribution in [3.05, 3.63) is 45.6 Å². The summed E-state index contributed by atoms with van der Waals surface area (Å²) in [4.78, 5) is 13.0. The second-order valence-corrected chi connectivity index (χ2v) is 6.58. The summed E-state index contributed by atoms with van der Waals surface area (Å²) >= 11 is 1.47. The maximum absolute atomic E-state index is 12.2. The molecule has 0 aliphatic heterocycles. The van der Waals surface area contributed by atoms with E-state index in [0.717, 1.165) is 16.0 Å². The van der Waals surface area contributed by atoms with Gasteiger partial charge in [0, 0.05) is 11.3 Å². The molecule has 2 aromatic rings. The van der Waals surface area contributed by atoms with Gasteiger partial charge in [-0.05, 0) is 48.1 Å². The van der Waals surface area contributed by atoms with Gasteiger partial charge in [-0.2, -0.15) is 5.26 Å². The van der Waals surface area contributed by atoms with Gasteiger partial charge in [0.15, 0.2) is 17.5 Å². The zero-order chi connectivity index (χ0) is 18.9. The van der Waals surface area contributed by atoms with E-state index in [1.165, 1.54) is 11.3 Å². The highest BCUT2D eigenvalue weighted by Crippen LogP contribution is 2.28. The lowest BCUT2D eigenvalue weighted by molar-refractivity contribution is -0.121. The van der Waals surface area contributed by atoms with Gasteiger partial charge in [-0.1, -0.05) is 12.0 Å². The van der Waals surface area contributed by atoms with Gasteiger partial charge in [-0.25, -0.2) is 0 Å². The highest BCUT2D eigenvalue weighted by Gasteiger charge is 2.15. The molecule has 0 aliphatic rings. The Morgan fingerprint density at radius 1 is 1.38 bits per heavy atom. The fourth-order valence-electron chi connectivity index (χ4n) is 2.37. The summed E-state index contributed by atoms with van der Waals surface area (Å²) in [6.07, 6.45) is 5.99. The average Bonchev–Trinajstić information content (AvgIpc) is 3.09. The Morgan fingerprint density at radius 2 is 2.19 bits per heavy atom. The summed E-state index contributed by atoms with van der Waals surface area (Å²) in [7, 11) is 1.55. The number of nitrogens with one attached hydrogen (secondary N) is 1. The quantitative estimate of drug-likeness (QED) is 0.725. The third-order valence-electron chi connectivity index (χ3n) is 3.65. The van der Waals surface area contributed by atoms with Crippen molar-refractivity contribution in [1.29, 1.82) is 5.26 Å². The number of aryl methyl sites for hydroxylation is 2. The molecule has 1 aromatic carbocycles.